The summed E-state index contributed by atoms with van der Waals surface area (Å²) in [6, 6.07) is 10.3. The van der Waals surface area contributed by atoms with Crippen LogP contribution in [0.15, 0.2) is 42.5 Å². The van der Waals surface area contributed by atoms with Gasteiger partial charge in [-0.2, -0.15) is 0 Å². The van der Waals surface area contributed by atoms with Gasteiger partial charge in [-0.05, 0) is 35.9 Å². The molecule has 2 aromatic carbocycles. The summed E-state index contributed by atoms with van der Waals surface area (Å²) in [4.78, 5) is 25.3. The Morgan fingerprint density at radius 1 is 1.15 bits per heavy atom. The molecule has 3 amide bonds. The van der Waals surface area contributed by atoms with Gasteiger partial charge in [-0.3, -0.25) is 4.90 Å². The Morgan fingerprint density at radius 3 is 2.59 bits per heavy atom. The van der Waals surface area contributed by atoms with Gasteiger partial charge < -0.3 is 15.4 Å². The number of benzene rings is 2. The Labute approximate surface area is 165 Å². The summed E-state index contributed by atoms with van der Waals surface area (Å²) < 4.78 is 18.1. The summed E-state index contributed by atoms with van der Waals surface area (Å²) in [5.41, 5.74) is 1.34. The minimum atomic E-state index is -0.521. The molecule has 142 valence electrons. The zero-order chi connectivity index (χ0) is 19.4. The molecule has 1 heterocycles. The molecule has 2 N–H and O–H groups in total. The number of halogens is 3. The third kappa shape index (κ3) is 5.02. The maximum atomic E-state index is 12.8. The highest BCUT2D eigenvalue weighted by Crippen LogP contribution is 2.29. The summed E-state index contributed by atoms with van der Waals surface area (Å²) in [5.74, 6) is -0.335. The fraction of sp³-hybridized carbons (Fsp3) is 0.222. The molecule has 0 spiro atoms. The summed E-state index contributed by atoms with van der Waals surface area (Å²) >= 11 is 11.9. The lowest BCUT2D eigenvalue weighted by atomic mass is 10.2. The number of hydrogen-bond donors (Lipinski definition) is 2. The van der Waals surface area contributed by atoms with Gasteiger partial charge in [0, 0.05) is 12.2 Å². The van der Waals surface area contributed by atoms with E-state index >= 15 is 0 Å². The van der Waals surface area contributed by atoms with Crippen molar-refractivity contribution in [3.05, 3.63) is 63.9 Å². The fourth-order valence-corrected chi connectivity index (χ4v) is 2.84. The van der Waals surface area contributed by atoms with Gasteiger partial charge in [-0.15, -0.1) is 0 Å². The van der Waals surface area contributed by atoms with Crippen molar-refractivity contribution in [2.45, 2.75) is 12.6 Å². The molecule has 1 aliphatic heterocycles. The number of amides is 3. The van der Waals surface area contributed by atoms with Crippen LogP contribution < -0.4 is 15.5 Å². The Kier molecular flexibility index (Phi) is 6.03. The third-order valence-electron chi connectivity index (χ3n) is 3.95. The van der Waals surface area contributed by atoms with Crippen molar-refractivity contribution < 1.29 is 18.7 Å². The van der Waals surface area contributed by atoms with Gasteiger partial charge in [-0.25, -0.2) is 14.0 Å². The van der Waals surface area contributed by atoms with Gasteiger partial charge in [0.15, 0.2) is 0 Å². The summed E-state index contributed by atoms with van der Waals surface area (Å²) in [5, 5.41) is 6.02. The van der Waals surface area contributed by atoms with Gasteiger partial charge >= 0.3 is 12.1 Å². The first kappa shape index (κ1) is 19.3. The largest absolute Gasteiger partial charge is 0.442 e. The molecule has 27 heavy (non-hydrogen) atoms. The number of nitrogens with zero attached hydrogens (tertiary/aromatic N) is 1. The molecule has 0 aliphatic carbocycles. The van der Waals surface area contributed by atoms with E-state index in [1.165, 1.54) is 17.0 Å². The monoisotopic (exact) mass is 411 g/mol. The van der Waals surface area contributed by atoms with E-state index in [-0.39, 0.29) is 25.5 Å². The molecule has 0 aromatic heterocycles. The number of nitrogens with one attached hydrogen (secondary N) is 2. The number of carbonyl (C=O) groups is 2. The maximum absolute atomic E-state index is 12.8. The predicted molar refractivity (Wildman–Crippen MR) is 101 cm³/mol. The first-order valence-electron chi connectivity index (χ1n) is 8.12. The van der Waals surface area contributed by atoms with Crippen molar-refractivity contribution >= 4 is 41.0 Å². The van der Waals surface area contributed by atoms with Crippen LogP contribution in [0.2, 0.25) is 10.0 Å². The number of ether oxygens (including phenoxy) is 1. The first-order valence-corrected chi connectivity index (χ1v) is 8.87. The van der Waals surface area contributed by atoms with Gasteiger partial charge in [0.05, 0.1) is 23.1 Å². The topological polar surface area (TPSA) is 70.7 Å². The Morgan fingerprint density at radius 2 is 1.89 bits per heavy atom. The van der Waals surface area contributed by atoms with E-state index in [4.69, 9.17) is 27.9 Å². The first-order chi connectivity index (χ1) is 12.9. The molecule has 1 fully saturated rings. The standard InChI is InChI=1S/C18H16Cl2FN3O3/c19-15-6-5-13(7-16(15)20)24-10-14(27-18(24)26)9-23-17(25)22-8-11-1-3-12(21)4-2-11/h1-7,14H,8-10H2,(H2,22,23,25)/t14-/m1/s1. The quantitative estimate of drug-likeness (QED) is 0.781. The summed E-state index contributed by atoms with van der Waals surface area (Å²) in [6.07, 6.45) is -1.02. The van der Waals surface area contributed by atoms with E-state index < -0.39 is 18.2 Å². The Balaban J connectivity index is 1.47. The van der Waals surface area contributed by atoms with Crippen LogP contribution >= 0.6 is 23.2 Å². The minimum absolute atomic E-state index is 0.152. The normalized spacial score (nSPS) is 16.2. The molecule has 0 unspecified atom stereocenters. The molecule has 6 nitrogen and oxygen atoms in total. The Bertz CT molecular complexity index is 848. The number of carbonyl (C=O) groups excluding carboxylic acids is 2. The van der Waals surface area contributed by atoms with E-state index in [1.54, 1.807) is 30.3 Å². The molecular formula is C18H16Cl2FN3O3. The smallest absolute Gasteiger partial charge is 0.414 e. The molecule has 1 atom stereocenters. The molecular weight excluding hydrogens is 396 g/mol. The molecule has 3 rings (SSSR count). The molecule has 0 radical (unpaired) electrons. The summed E-state index contributed by atoms with van der Waals surface area (Å²) in [6.45, 7) is 0.680. The van der Waals surface area contributed by atoms with Crippen LogP contribution in [0.3, 0.4) is 0 Å². The lowest BCUT2D eigenvalue weighted by Crippen LogP contribution is -2.40. The molecule has 1 aliphatic rings. The van der Waals surface area contributed by atoms with Gasteiger partial charge in [-0.1, -0.05) is 35.3 Å². The number of hydrogen-bond acceptors (Lipinski definition) is 3. The van der Waals surface area contributed by atoms with E-state index in [0.717, 1.165) is 5.56 Å². The van der Waals surface area contributed by atoms with Crippen molar-refractivity contribution in [3.8, 4) is 0 Å². The highest BCUT2D eigenvalue weighted by atomic mass is 35.5. The van der Waals surface area contributed by atoms with Crippen LogP contribution in [0.25, 0.3) is 0 Å². The number of rotatable bonds is 5. The van der Waals surface area contributed by atoms with Crippen molar-refractivity contribution in [1.29, 1.82) is 0 Å². The van der Waals surface area contributed by atoms with Gasteiger partial charge in [0.25, 0.3) is 0 Å². The van der Waals surface area contributed by atoms with E-state index in [0.29, 0.717) is 15.7 Å². The maximum Gasteiger partial charge on any atom is 0.414 e. The van der Waals surface area contributed by atoms with Crippen LogP contribution in [0.4, 0.5) is 19.7 Å². The van der Waals surface area contributed by atoms with E-state index in [9.17, 15) is 14.0 Å². The Hall–Kier alpha value is -2.51. The molecule has 1 saturated heterocycles. The lowest BCUT2D eigenvalue weighted by molar-refractivity contribution is 0.140. The van der Waals surface area contributed by atoms with Crippen molar-refractivity contribution in [2.24, 2.45) is 0 Å². The van der Waals surface area contributed by atoms with Crippen LogP contribution in [0.1, 0.15) is 5.56 Å². The highest BCUT2D eigenvalue weighted by molar-refractivity contribution is 6.42. The second kappa shape index (κ2) is 8.45. The second-order valence-corrected chi connectivity index (χ2v) is 6.72. The van der Waals surface area contributed by atoms with Crippen molar-refractivity contribution in [2.75, 3.05) is 18.0 Å². The van der Waals surface area contributed by atoms with Crippen molar-refractivity contribution in [3.63, 3.8) is 0 Å². The van der Waals surface area contributed by atoms with Crippen LogP contribution in [-0.4, -0.2) is 31.3 Å². The van der Waals surface area contributed by atoms with Gasteiger partial charge in [0.1, 0.15) is 11.9 Å². The SMILES string of the molecule is O=C(NCc1ccc(F)cc1)NC[C@@H]1CN(c2ccc(Cl)c(Cl)c2)C(=O)O1. The average molecular weight is 412 g/mol. The number of urea groups is 1. The van der Waals surface area contributed by atoms with Crippen molar-refractivity contribution in [1.82, 2.24) is 10.6 Å². The second-order valence-electron chi connectivity index (χ2n) is 5.90. The zero-order valence-corrected chi connectivity index (χ0v) is 15.6. The van der Waals surface area contributed by atoms with Crippen LogP contribution in [0.5, 0.6) is 0 Å². The average Bonchev–Trinajstić information content (AvgIpc) is 3.02. The molecule has 0 saturated carbocycles. The molecule has 9 heteroatoms. The third-order valence-corrected chi connectivity index (χ3v) is 4.68. The molecule has 2 aromatic rings. The van der Waals surface area contributed by atoms with Gasteiger partial charge in [0.2, 0.25) is 0 Å². The van der Waals surface area contributed by atoms with E-state index in [2.05, 4.69) is 10.6 Å². The van der Waals surface area contributed by atoms with Crippen LogP contribution in [-0.2, 0) is 11.3 Å². The summed E-state index contributed by atoms with van der Waals surface area (Å²) in [7, 11) is 0. The predicted octanol–water partition coefficient (Wildman–Crippen LogP) is 3.96. The molecule has 0 bridgehead atoms. The number of anilines is 1. The number of cyclic esters (lactones) is 1. The minimum Gasteiger partial charge on any atom is -0.442 e. The lowest BCUT2D eigenvalue weighted by Gasteiger charge is -2.14. The van der Waals surface area contributed by atoms with Crippen LogP contribution in [0, 0.1) is 5.82 Å². The fourth-order valence-electron chi connectivity index (χ4n) is 2.55. The zero-order valence-electron chi connectivity index (χ0n) is 14.0. The van der Waals surface area contributed by atoms with E-state index in [1.807, 2.05) is 0 Å². The highest BCUT2D eigenvalue weighted by Gasteiger charge is 2.32.